The molecule has 1 fully saturated rings. The second-order valence-corrected chi connectivity index (χ2v) is 3.00. The Kier molecular flexibility index (Phi) is 2.74. The number of carbonyl (C=O) groups excluding carboxylic acids is 1. The molecular formula is C9H14O3. The molecule has 0 saturated carbocycles. The Hall–Kier alpha value is -0.990. The molecule has 0 N–H and O–H groups in total. The van der Waals surface area contributed by atoms with Crippen LogP contribution in [0.15, 0.2) is 12.7 Å². The number of cyclic esters (lactones) is 2. The van der Waals surface area contributed by atoms with Crippen LogP contribution in [0.2, 0.25) is 0 Å². The highest BCUT2D eigenvalue weighted by molar-refractivity contribution is 5.62. The Morgan fingerprint density at radius 3 is 2.92 bits per heavy atom. The molecule has 0 radical (unpaired) electrons. The lowest BCUT2D eigenvalue weighted by Crippen LogP contribution is -2.30. The molecule has 1 rings (SSSR count). The zero-order valence-corrected chi connectivity index (χ0v) is 7.34. The largest absolute Gasteiger partial charge is 0.509 e. The summed E-state index contributed by atoms with van der Waals surface area (Å²) < 4.78 is 9.85. The predicted molar refractivity (Wildman–Crippen MR) is 44.9 cm³/mol. The summed E-state index contributed by atoms with van der Waals surface area (Å²) in [6.07, 6.45) is 3.74. The van der Waals surface area contributed by atoms with Gasteiger partial charge >= 0.3 is 6.16 Å². The third kappa shape index (κ3) is 1.78. The van der Waals surface area contributed by atoms with Crippen molar-refractivity contribution in [1.29, 1.82) is 0 Å². The minimum atomic E-state index is -0.541. The molecule has 0 spiro atoms. The standard InChI is InChI=1S/C9H14O3/c1-3-5-6-9(4-2)7-11-8(10)12-9/h3H,1,4-7H2,2H3/t9-/m0/s1. The molecule has 1 aliphatic heterocycles. The number of hydrogen-bond acceptors (Lipinski definition) is 3. The van der Waals surface area contributed by atoms with Crippen LogP contribution in [0.25, 0.3) is 0 Å². The average Bonchev–Trinajstić information content (AvgIpc) is 2.45. The Morgan fingerprint density at radius 1 is 1.75 bits per heavy atom. The average molecular weight is 170 g/mol. The van der Waals surface area contributed by atoms with Gasteiger partial charge in [-0.15, -0.1) is 6.58 Å². The first-order valence-electron chi connectivity index (χ1n) is 4.19. The normalized spacial score (nSPS) is 27.9. The van der Waals surface area contributed by atoms with Gasteiger partial charge in [-0.2, -0.15) is 0 Å². The topological polar surface area (TPSA) is 35.5 Å². The molecule has 1 saturated heterocycles. The Bertz CT molecular complexity index is 188. The van der Waals surface area contributed by atoms with Gasteiger partial charge in [0.2, 0.25) is 0 Å². The summed E-state index contributed by atoms with van der Waals surface area (Å²) in [5.41, 5.74) is -0.384. The quantitative estimate of drug-likeness (QED) is 0.479. The Morgan fingerprint density at radius 2 is 2.50 bits per heavy atom. The van der Waals surface area contributed by atoms with E-state index >= 15 is 0 Å². The molecule has 0 bridgehead atoms. The molecule has 0 aromatic heterocycles. The van der Waals surface area contributed by atoms with Crippen LogP contribution in [0.1, 0.15) is 26.2 Å². The summed E-state index contributed by atoms with van der Waals surface area (Å²) in [5, 5.41) is 0. The molecule has 0 unspecified atom stereocenters. The number of rotatable bonds is 4. The van der Waals surface area contributed by atoms with Gasteiger partial charge in [-0.3, -0.25) is 0 Å². The fraction of sp³-hybridized carbons (Fsp3) is 0.667. The van der Waals surface area contributed by atoms with Gasteiger partial charge in [0.25, 0.3) is 0 Å². The summed E-state index contributed by atoms with van der Waals surface area (Å²) >= 11 is 0. The lowest BCUT2D eigenvalue weighted by atomic mass is 9.96. The molecule has 1 aliphatic rings. The number of ether oxygens (including phenoxy) is 2. The summed E-state index contributed by atoms with van der Waals surface area (Å²) in [5.74, 6) is 0. The van der Waals surface area contributed by atoms with Crippen LogP contribution in [0.5, 0.6) is 0 Å². The van der Waals surface area contributed by atoms with Gasteiger partial charge in [0.05, 0.1) is 0 Å². The van der Waals surface area contributed by atoms with E-state index < -0.39 is 6.16 Å². The van der Waals surface area contributed by atoms with E-state index in [1.54, 1.807) is 0 Å². The second kappa shape index (κ2) is 3.61. The maximum absolute atomic E-state index is 10.7. The van der Waals surface area contributed by atoms with Crippen molar-refractivity contribution in [3.63, 3.8) is 0 Å². The van der Waals surface area contributed by atoms with Crippen LogP contribution in [0.3, 0.4) is 0 Å². The minimum absolute atomic E-state index is 0.384. The molecule has 3 nitrogen and oxygen atoms in total. The molecule has 0 aromatic rings. The Labute approximate surface area is 72.4 Å². The van der Waals surface area contributed by atoms with Crippen molar-refractivity contribution in [1.82, 2.24) is 0 Å². The zero-order valence-electron chi connectivity index (χ0n) is 7.34. The van der Waals surface area contributed by atoms with Gasteiger partial charge in [0.15, 0.2) is 0 Å². The number of hydrogen-bond donors (Lipinski definition) is 0. The number of allylic oxidation sites excluding steroid dienone is 1. The minimum Gasteiger partial charge on any atom is -0.430 e. The van der Waals surface area contributed by atoms with Crippen LogP contribution in [-0.4, -0.2) is 18.4 Å². The van der Waals surface area contributed by atoms with E-state index in [1.165, 1.54) is 0 Å². The van der Waals surface area contributed by atoms with E-state index in [9.17, 15) is 4.79 Å². The second-order valence-electron chi connectivity index (χ2n) is 3.00. The molecule has 12 heavy (non-hydrogen) atoms. The molecule has 1 heterocycles. The molecule has 3 heteroatoms. The van der Waals surface area contributed by atoms with Gasteiger partial charge in [-0.05, 0) is 19.3 Å². The van der Waals surface area contributed by atoms with Crippen molar-refractivity contribution in [2.24, 2.45) is 0 Å². The molecule has 68 valence electrons. The van der Waals surface area contributed by atoms with Crippen molar-refractivity contribution in [3.05, 3.63) is 12.7 Å². The predicted octanol–water partition coefficient (Wildman–Crippen LogP) is 2.27. The first-order valence-corrected chi connectivity index (χ1v) is 4.19. The lowest BCUT2D eigenvalue weighted by molar-refractivity contribution is 0.0472. The van der Waals surface area contributed by atoms with Gasteiger partial charge < -0.3 is 9.47 Å². The first-order chi connectivity index (χ1) is 5.72. The van der Waals surface area contributed by atoms with Crippen LogP contribution in [0.4, 0.5) is 4.79 Å². The van der Waals surface area contributed by atoms with Crippen molar-refractivity contribution >= 4 is 6.16 Å². The molecule has 0 aromatic carbocycles. The van der Waals surface area contributed by atoms with Crippen LogP contribution in [-0.2, 0) is 9.47 Å². The summed E-state index contributed by atoms with van der Waals surface area (Å²) in [6, 6.07) is 0. The van der Waals surface area contributed by atoms with Gasteiger partial charge in [0, 0.05) is 0 Å². The SMILES string of the molecule is C=CCC[C@@]1(CC)COC(=O)O1. The van der Waals surface area contributed by atoms with Gasteiger partial charge in [-0.25, -0.2) is 4.79 Å². The van der Waals surface area contributed by atoms with Gasteiger partial charge in [0.1, 0.15) is 12.2 Å². The lowest BCUT2D eigenvalue weighted by Gasteiger charge is -2.21. The molecule has 0 aliphatic carbocycles. The van der Waals surface area contributed by atoms with E-state index in [4.69, 9.17) is 9.47 Å². The van der Waals surface area contributed by atoms with E-state index in [-0.39, 0.29) is 5.60 Å². The highest BCUT2D eigenvalue weighted by atomic mass is 16.8. The monoisotopic (exact) mass is 170 g/mol. The van der Waals surface area contributed by atoms with Gasteiger partial charge in [-0.1, -0.05) is 13.0 Å². The highest BCUT2D eigenvalue weighted by Crippen LogP contribution is 2.28. The van der Waals surface area contributed by atoms with Crippen LogP contribution in [0, 0.1) is 0 Å². The fourth-order valence-electron chi connectivity index (χ4n) is 1.27. The smallest absolute Gasteiger partial charge is 0.430 e. The van der Waals surface area contributed by atoms with Crippen molar-refractivity contribution in [2.75, 3.05) is 6.61 Å². The van der Waals surface area contributed by atoms with Crippen molar-refractivity contribution in [2.45, 2.75) is 31.8 Å². The van der Waals surface area contributed by atoms with Crippen molar-refractivity contribution < 1.29 is 14.3 Å². The number of carbonyl (C=O) groups is 1. The summed E-state index contributed by atoms with van der Waals surface area (Å²) in [7, 11) is 0. The maximum Gasteiger partial charge on any atom is 0.509 e. The Balaban J connectivity index is 2.51. The zero-order chi connectivity index (χ0) is 9.03. The first kappa shape index (κ1) is 9.10. The molecule has 0 amide bonds. The maximum atomic E-state index is 10.7. The highest BCUT2D eigenvalue weighted by Gasteiger charge is 2.39. The van der Waals surface area contributed by atoms with E-state index in [0.29, 0.717) is 6.61 Å². The third-order valence-corrected chi connectivity index (χ3v) is 2.20. The molecular weight excluding hydrogens is 156 g/mol. The van der Waals surface area contributed by atoms with Crippen molar-refractivity contribution in [3.8, 4) is 0 Å². The van der Waals surface area contributed by atoms with Crippen LogP contribution < -0.4 is 0 Å². The molecule has 1 atom stereocenters. The van der Waals surface area contributed by atoms with E-state index in [0.717, 1.165) is 19.3 Å². The third-order valence-electron chi connectivity index (χ3n) is 2.20. The summed E-state index contributed by atoms with van der Waals surface area (Å²) in [6.45, 7) is 6.00. The summed E-state index contributed by atoms with van der Waals surface area (Å²) in [4.78, 5) is 10.7. The fourth-order valence-corrected chi connectivity index (χ4v) is 1.27. The van der Waals surface area contributed by atoms with E-state index in [1.807, 2.05) is 13.0 Å². The van der Waals surface area contributed by atoms with E-state index in [2.05, 4.69) is 6.58 Å². The van der Waals surface area contributed by atoms with Crippen LogP contribution >= 0.6 is 0 Å².